The van der Waals surface area contributed by atoms with Gasteiger partial charge in [0.15, 0.2) is 5.82 Å². The Morgan fingerprint density at radius 2 is 2.18 bits per heavy atom. The Morgan fingerprint density at radius 1 is 1.41 bits per heavy atom. The van der Waals surface area contributed by atoms with Crippen LogP contribution in [0.1, 0.15) is 11.6 Å². The van der Waals surface area contributed by atoms with E-state index in [1.165, 1.54) is 6.07 Å². The molecule has 4 nitrogen and oxygen atoms in total. The summed E-state index contributed by atoms with van der Waals surface area (Å²) in [5.41, 5.74) is 0.453. The largest absolute Gasteiger partial charge is 0.375 e. The van der Waals surface area contributed by atoms with Gasteiger partial charge in [-0.3, -0.25) is 0 Å². The molecule has 0 amide bonds. The first kappa shape index (κ1) is 12.0. The maximum atomic E-state index is 13.5. The van der Waals surface area contributed by atoms with Crippen LogP contribution in [-0.4, -0.2) is 14.8 Å². The van der Waals surface area contributed by atoms with Gasteiger partial charge in [0.25, 0.3) is 0 Å². The summed E-state index contributed by atoms with van der Waals surface area (Å²) in [5.74, 6) is 1.31. The summed E-state index contributed by atoms with van der Waals surface area (Å²) >= 11 is 3.21. The number of nitrogens with one attached hydrogen (secondary N) is 1. The standard InChI is InChI=1S/C11H12BrFN4/c1-7-15-16-11(17(7)2)6-14-10-4-3-8(12)5-9(10)13/h3-5,14H,6H2,1-2H3. The number of halogens is 2. The monoisotopic (exact) mass is 298 g/mol. The zero-order chi connectivity index (χ0) is 12.4. The minimum Gasteiger partial charge on any atom is -0.375 e. The third-order valence-corrected chi connectivity index (χ3v) is 3.04. The molecule has 0 aliphatic carbocycles. The van der Waals surface area contributed by atoms with Gasteiger partial charge in [0, 0.05) is 11.5 Å². The topological polar surface area (TPSA) is 42.7 Å². The number of aromatic nitrogens is 3. The molecule has 0 aliphatic rings. The molecule has 0 bridgehead atoms. The average Bonchev–Trinajstić information content (AvgIpc) is 2.59. The van der Waals surface area contributed by atoms with E-state index in [1.54, 1.807) is 12.1 Å². The molecular formula is C11H12BrFN4. The molecule has 2 aromatic rings. The third-order valence-electron chi connectivity index (χ3n) is 2.55. The summed E-state index contributed by atoms with van der Waals surface area (Å²) in [4.78, 5) is 0. The molecule has 6 heteroatoms. The normalized spacial score (nSPS) is 10.6. The van der Waals surface area contributed by atoms with E-state index in [0.717, 1.165) is 16.1 Å². The maximum absolute atomic E-state index is 13.5. The zero-order valence-electron chi connectivity index (χ0n) is 9.54. The summed E-state index contributed by atoms with van der Waals surface area (Å²) in [7, 11) is 1.88. The van der Waals surface area contributed by atoms with E-state index in [0.29, 0.717) is 12.2 Å². The Hall–Kier alpha value is -1.43. The fourth-order valence-electron chi connectivity index (χ4n) is 1.41. The molecule has 0 atom stereocenters. The van der Waals surface area contributed by atoms with Crippen molar-refractivity contribution in [3.8, 4) is 0 Å². The lowest BCUT2D eigenvalue weighted by Crippen LogP contribution is -2.07. The lowest BCUT2D eigenvalue weighted by molar-refractivity contribution is 0.628. The molecule has 0 spiro atoms. The fraction of sp³-hybridized carbons (Fsp3) is 0.273. The zero-order valence-corrected chi connectivity index (χ0v) is 11.1. The molecule has 0 unspecified atom stereocenters. The van der Waals surface area contributed by atoms with Crippen molar-refractivity contribution in [1.29, 1.82) is 0 Å². The van der Waals surface area contributed by atoms with Crippen LogP contribution in [0.5, 0.6) is 0 Å². The molecule has 1 heterocycles. The minimum atomic E-state index is -0.293. The summed E-state index contributed by atoms with van der Waals surface area (Å²) in [5, 5.41) is 10.9. The van der Waals surface area contributed by atoms with Crippen LogP contribution < -0.4 is 5.32 Å². The van der Waals surface area contributed by atoms with Gasteiger partial charge in [-0.25, -0.2) is 4.39 Å². The van der Waals surface area contributed by atoms with Crippen molar-refractivity contribution in [1.82, 2.24) is 14.8 Å². The van der Waals surface area contributed by atoms with Crippen LogP contribution in [0.3, 0.4) is 0 Å². The second kappa shape index (κ2) is 4.83. The first-order valence-corrected chi connectivity index (χ1v) is 5.91. The highest BCUT2D eigenvalue weighted by atomic mass is 79.9. The third kappa shape index (κ3) is 2.63. The highest BCUT2D eigenvalue weighted by Gasteiger charge is 2.06. The highest BCUT2D eigenvalue weighted by Crippen LogP contribution is 2.19. The van der Waals surface area contributed by atoms with E-state index < -0.39 is 0 Å². The Kier molecular flexibility index (Phi) is 3.42. The van der Waals surface area contributed by atoms with Crippen molar-refractivity contribution >= 4 is 21.6 Å². The smallest absolute Gasteiger partial charge is 0.152 e. The van der Waals surface area contributed by atoms with E-state index >= 15 is 0 Å². The summed E-state index contributed by atoms with van der Waals surface area (Å²) in [6, 6.07) is 4.89. The average molecular weight is 299 g/mol. The number of hydrogen-bond acceptors (Lipinski definition) is 3. The summed E-state index contributed by atoms with van der Waals surface area (Å²) in [6.07, 6.45) is 0. The second-order valence-corrected chi connectivity index (χ2v) is 4.62. The molecule has 0 radical (unpaired) electrons. The molecule has 17 heavy (non-hydrogen) atoms. The first-order valence-electron chi connectivity index (χ1n) is 5.11. The van der Waals surface area contributed by atoms with E-state index in [2.05, 4.69) is 31.4 Å². The van der Waals surface area contributed by atoms with Crippen LogP contribution in [0, 0.1) is 12.7 Å². The van der Waals surface area contributed by atoms with Gasteiger partial charge in [-0.1, -0.05) is 15.9 Å². The molecule has 1 aromatic heterocycles. The van der Waals surface area contributed by atoms with Crippen molar-refractivity contribution in [3.63, 3.8) is 0 Å². The predicted molar refractivity (Wildman–Crippen MR) is 67.2 cm³/mol. The Labute approximate surface area is 107 Å². The SMILES string of the molecule is Cc1nnc(CNc2ccc(Br)cc2F)n1C. The number of anilines is 1. The molecule has 0 saturated heterocycles. The van der Waals surface area contributed by atoms with Gasteiger partial charge in [-0.15, -0.1) is 10.2 Å². The van der Waals surface area contributed by atoms with E-state index in [-0.39, 0.29) is 5.82 Å². The van der Waals surface area contributed by atoms with Crippen LogP contribution in [0.25, 0.3) is 0 Å². The van der Waals surface area contributed by atoms with Crippen molar-refractivity contribution in [2.45, 2.75) is 13.5 Å². The van der Waals surface area contributed by atoms with Gasteiger partial charge in [-0.2, -0.15) is 0 Å². The molecular weight excluding hydrogens is 287 g/mol. The molecule has 1 aromatic carbocycles. The van der Waals surface area contributed by atoms with E-state index in [1.807, 2.05) is 18.5 Å². The van der Waals surface area contributed by atoms with E-state index in [9.17, 15) is 4.39 Å². The van der Waals surface area contributed by atoms with Crippen LogP contribution in [0.2, 0.25) is 0 Å². The minimum absolute atomic E-state index is 0.293. The van der Waals surface area contributed by atoms with Crippen molar-refractivity contribution < 1.29 is 4.39 Å². The lowest BCUT2D eigenvalue weighted by atomic mass is 10.3. The molecule has 1 N–H and O–H groups in total. The van der Waals surface area contributed by atoms with Crippen LogP contribution >= 0.6 is 15.9 Å². The molecule has 0 fully saturated rings. The number of nitrogens with zero attached hydrogens (tertiary/aromatic N) is 3. The fourth-order valence-corrected chi connectivity index (χ4v) is 1.75. The quantitative estimate of drug-likeness (QED) is 0.947. The van der Waals surface area contributed by atoms with Gasteiger partial charge in [0.05, 0.1) is 12.2 Å². The Bertz CT molecular complexity index is 538. The molecule has 2 rings (SSSR count). The highest BCUT2D eigenvalue weighted by molar-refractivity contribution is 9.10. The maximum Gasteiger partial charge on any atom is 0.152 e. The Balaban J connectivity index is 2.10. The van der Waals surface area contributed by atoms with Gasteiger partial charge >= 0.3 is 0 Å². The van der Waals surface area contributed by atoms with Crippen LogP contribution in [0.4, 0.5) is 10.1 Å². The predicted octanol–water partition coefficient (Wildman–Crippen LogP) is 2.64. The number of rotatable bonds is 3. The second-order valence-electron chi connectivity index (χ2n) is 3.70. The first-order chi connectivity index (χ1) is 8.08. The van der Waals surface area contributed by atoms with Crippen molar-refractivity contribution in [3.05, 3.63) is 40.1 Å². The van der Waals surface area contributed by atoms with Crippen molar-refractivity contribution in [2.24, 2.45) is 7.05 Å². The summed E-state index contributed by atoms with van der Waals surface area (Å²) < 4.78 is 16.1. The lowest BCUT2D eigenvalue weighted by Gasteiger charge is -2.07. The number of benzene rings is 1. The Morgan fingerprint density at radius 3 is 2.76 bits per heavy atom. The molecule has 0 saturated carbocycles. The number of aryl methyl sites for hydroxylation is 1. The van der Waals surface area contributed by atoms with Gasteiger partial charge < -0.3 is 9.88 Å². The summed E-state index contributed by atoms with van der Waals surface area (Å²) in [6.45, 7) is 2.31. The molecule has 90 valence electrons. The van der Waals surface area contributed by atoms with Crippen molar-refractivity contribution in [2.75, 3.05) is 5.32 Å². The van der Waals surface area contributed by atoms with E-state index in [4.69, 9.17) is 0 Å². The van der Waals surface area contributed by atoms with Gasteiger partial charge in [0.1, 0.15) is 11.6 Å². The number of hydrogen-bond donors (Lipinski definition) is 1. The molecule has 0 aliphatic heterocycles. The van der Waals surface area contributed by atoms with Gasteiger partial charge in [0.2, 0.25) is 0 Å². The van der Waals surface area contributed by atoms with Gasteiger partial charge in [-0.05, 0) is 25.1 Å². The van der Waals surface area contributed by atoms with Crippen LogP contribution in [0.15, 0.2) is 22.7 Å². The van der Waals surface area contributed by atoms with Crippen LogP contribution in [-0.2, 0) is 13.6 Å².